The van der Waals surface area contributed by atoms with E-state index in [0.29, 0.717) is 22.3 Å². The van der Waals surface area contributed by atoms with Crippen LogP contribution in [0.3, 0.4) is 0 Å². The molecule has 1 heterocycles. The van der Waals surface area contributed by atoms with E-state index in [-0.39, 0.29) is 5.91 Å². The molecule has 1 N–H and O–H groups in total. The van der Waals surface area contributed by atoms with Crippen molar-refractivity contribution in [2.24, 2.45) is 0 Å². The van der Waals surface area contributed by atoms with Crippen molar-refractivity contribution < 1.29 is 4.79 Å². The normalized spacial score (nSPS) is 10.5. The van der Waals surface area contributed by atoms with Gasteiger partial charge in [-0.3, -0.25) is 4.79 Å². The van der Waals surface area contributed by atoms with Crippen LogP contribution in [0.2, 0.25) is 5.02 Å². The Labute approximate surface area is 153 Å². The van der Waals surface area contributed by atoms with Gasteiger partial charge in [0.15, 0.2) is 0 Å². The van der Waals surface area contributed by atoms with E-state index in [9.17, 15) is 4.79 Å². The highest BCUT2D eigenvalue weighted by molar-refractivity contribution is 7.98. The summed E-state index contributed by atoms with van der Waals surface area (Å²) in [6, 6.07) is 17.4. The molecule has 24 heavy (non-hydrogen) atoms. The Morgan fingerprint density at radius 3 is 2.75 bits per heavy atom. The van der Waals surface area contributed by atoms with Crippen molar-refractivity contribution in [1.29, 1.82) is 0 Å². The zero-order chi connectivity index (χ0) is 16.8. The lowest BCUT2D eigenvalue weighted by atomic mass is 10.2. The van der Waals surface area contributed by atoms with E-state index in [4.69, 9.17) is 11.6 Å². The number of nitrogens with one attached hydrogen (secondary N) is 1. The lowest BCUT2D eigenvalue weighted by Crippen LogP contribution is -2.22. The van der Waals surface area contributed by atoms with E-state index < -0.39 is 0 Å². The summed E-state index contributed by atoms with van der Waals surface area (Å²) in [6.07, 6.45) is 0. The van der Waals surface area contributed by atoms with E-state index >= 15 is 0 Å². The zero-order valence-electron chi connectivity index (χ0n) is 12.6. The van der Waals surface area contributed by atoms with Crippen LogP contribution in [0, 0.1) is 0 Å². The molecular weight excluding hydrogens is 362 g/mol. The van der Waals surface area contributed by atoms with E-state index in [0.717, 1.165) is 15.5 Å². The van der Waals surface area contributed by atoms with Gasteiger partial charge in [-0.25, -0.2) is 0 Å². The highest BCUT2D eigenvalue weighted by atomic mass is 35.5. The van der Waals surface area contributed by atoms with Gasteiger partial charge in [-0.15, -0.1) is 22.0 Å². The van der Waals surface area contributed by atoms with E-state index in [1.165, 1.54) is 11.3 Å². The minimum atomic E-state index is -0.199. The first kappa shape index (κ1) is 17.0. The van der Waals surface area contributed by atoms with Crippen molar-refractivity contribution >= 4 is 40.6 Å². The van der Waals surface area contributed by atoms with Crippen LogP contribution in [0.5, 0.6) is 0 Å². The van der Waals surface area contributed by atoms with Gasteiger partial charge in [0.05, 0.1) is 5.75 Å². The van der Waals surface area contributed by atoms with Crippen molar-refractivity contribution in [3.05, 3.63) is 75.2 Å². The molecule has 0 unspecified atom stereocenters. The molecule has 0 fully saturated rings. The molecule has 0 radical (unpaired) electrons. The third-order valence-electron chi connectivity index (χ3n) is 3.12. The SMILES string of the molecule is O=C(NCc1ccccc1)c1nnc(CSc2cccc(Cl)c2)s1. The molecular formula is C17H14ClN3OS2. The highest BCUT2D eigenvalue weighted by Crippen LogP contribution is 2.26. The standard InChI is InChI=1S/C17H14ClN3OS2/c18-13-7-4-8-14(9-13)23-11-15-20-21-17(24-15)16(22)19-10-12-5-2-1-3-6-12/h1-9H,10-11H2,(H,19,22). The van der Waals surface area contributed by atoms with Gasteiger partial charge in [0, 0.05) is 16.5 Å². The van der Waals surface area contributed by atoms with Gasteiger partial charge in [0.1, 0.15) is 5.01 Å². The molecule has 0 saturated heterocycles. The van der Waals surface area contributed by atoms with Crippen molar-refractivity contribution in [3.8, 4) is 0 Å². The average molecular weight is 376 g/mol. The molecule has 2 aromatic carbocycles. The molecule has 7 heteroatoms. The van der Waals surface area contributed by atoms with Crippen LogP contribution in [0.1, 0.15) is 20.4 Å². The first-order chi connectivity index (χ1) is 11.7. The third kappa shape index (κ3) is 4.80. The van der Waals surface area contributed by atoms with Gasteiger partial charge in [-0.05, 0) is 23.8 Å². The average Bonchev–Trinajstić information content (AvgIpc) is 3.08. The number of aromatic nitrogens is 2. The highest BCUT2D eigenvalue weighted by Gasteiger charge is 2.12. The van der Waals surface area contributed by atoms with E-state index in [2.05, 4.69) is 15.5 Å². The summed E-state index contributed by atoms with van der Waals surface area (Å²) in [6.45, 7) is 0.478. The van der Waals surface area contributed by atoms with Gasteiger partial charge in [0.25, 0.3) is 5.91 Å². The Bertz CT molecular complexity index is 823. The van der Waals surface area contributed by atoms with Gasteiger partial charge in [-0.1, -0.05) is 59.3 Å². The fourth-order valence-electron chi connectivity index (χ4n) is 1.96. The fourth-order valence-corrected chi connectivity index (χ4v) is 3.91. The molecule has 1 aromatic heterocycles. The summed E-state index contributed by atoms with van der Waals surface area (Å²) in [4.78, 5) is 13.2. The predicted octanol–water partition coefficient (Wildman–Crippen LogP) is 4.41. The van der Waals surface area contributed by atoms with Crippen LogP contribution in [0.15, 0.2) is 59.5 Å². The second-order valence-corrected chi connectivity index (χ2v) is 7.46. The number of carbonyl (C=O) groups is 1. The Kier molecular flexibility index (Phi) is 5.85. The summed E-state index contributed by atoms with van der Waals surface area (Å²) in [5, 5.41) is 12.8. The summed E-state index contributed by atoms with van der Waals surface area (Å²) >= 11 is 8.89. The first-order valence-electron chi connectivity index (χ1n) is 7.23. The Morgan fingerprint density at radius 2 is 1.96 bits per heavy atom. The van der Waals surface area contributed by atoms with Crippen molar-refractivity contribution in [3.63, 3.8) is 0 Å². The van der Waals surface area contributed by atoms with Crippen LogP contribution in [-0.4, -0.2) is 16.1 Å². The minimum Gasteiger partial charge on any atom is -0.346 e. The topological polar surface area (TPSA) is 54.9 Å². The Hall–Kier alpha value is -1.89. The second-order valence-electron chi connectivity index (χ2n) is 4.92. The number of thioether (sulfide) groups is 1. The lowest BCUT2D eigenvalue weighted by Gasteiger charge is -2.02. The Balaban J connectivity index is 1.53. The van der Waals surface area contributed by atoms with Crippen LogP contribution in [0.25, 0.3) is 0 Å². The number of amides is 1. The van der Waals surface area contributed by atoms with Crippen molar-refractivity contribution in [2.45, 2.75) is 17.2 Å². The molecule has 3 rings (SSSR count). The number of halogens is 1. The largest absolute Gasteiger partial charge is 0.346 e. The molecule has 122 valence electrons. The molecule has 0 saturated carbocycles. The van der Waals surface area contributed by atoms with Crippen LogP contribution in [-0.2, 0) is 12.3 Å². The summed E-state index contributed by atoms with van der Waals surface area (Å²) in [5.74, 6) is 0.458. The predicted molar refractivity (Wildman–Crippen MR) is 98.5 cm³/mol. The lowest BCUT2D eigenvalue weighted by molar-refractivity contribution is 0.0950. The van der Waals surface area contributed by atoms with Crippen LogP contribution >= 0.6 is 34.7 Å². The van der Waals surface area contributed by atoms with E-state index in [1.807, 2.05) is 54.6 Å². The molecule has 0 aliphatic rings. The second kappa shape index (κ2) is 8.28. The quantitative estimate of drug-likeness (QED) is 0.648. The van der Waals surface area contributed by atoms with Gasteiger partial charge >= 0.3 is 0 Å². The zero-order valence-corrected chi connectivity index (χ0v) is 15.0. The number of benzene rings is 2. The molecule has 0 bridgehead atoms. The van der Waals surface area contributed by atoms with Crippen molar-refractivity contribution in [1.82, 2.24) is 15.5 Å². The molecule has 4 nitrogen and oxygen atoms in total. The molecule has 0 atom stereocenters. The molecule has 0 aliphatic heterocycles. The first-order valence-corrected chi connectivity index (χ1v) is 9.41. The molecule has 1 amide bonds. The summed E-state index contributed by atoms with van der Waals surface area (Å²) < 4.78 is 0. The number of rotatable bonds is 6. The summed E-state index contributed by atoms with van der Waals surface area (Å²) in [7, 11) is 0. The van der Waals surface area contributed by atoms with Crippen molar-refractivity contribution in [2.75, 3.05) is 0 Å². The van der Waals surface area contributed by atoms with Gasteiger partial charge < -0.3 is 5.32 Å². The minimum absolute atomic E-state index is 0.199. The number of nitrogens with zero attached hydrogens (tertiary/aromatic N) is 2. The maximum absolute atomic E-state index is 12.1. The van der Waals surface area contributed by atoms with Gasteiger partial charge in [-0.2, -0.15) is 0 Å². The monoisotopic (exact) mass is 375 g/mol. The van der Waals surface area contributed by atoms with E-state index in [1.54, 1.807) is 11.8 Å². The summed E-state index contributed by atoms with van der Waals surface area (Å²) in [5.41, 5.74) is 1.05. The fraction of sp³-hybridized carbons (Fsp3) is 0.118. The maximum Gasteiger partial charge on any atom is 0.282 e. The van der Waals surface area contributed by atoms with Crippen LogP contribution < -0.4 is 5.32 Å². The van der Waals surface area contributed by atoms with Crippen LogP contribution in [0.4, 0.5) is 0 Å². The third-order valence-corrected chi connectivity index (χ3v) is 5.46. The van der Waals surface area contributed by atoms with Gasteiger partial charge in [0.2, 0.25) is 5.01 Å². The molecule has 3 aromatic rings. The number of hydrogen-bond acceptors (Lipinski definition) is 5. The smallest absolute Gasteiger partial charge is 0.282 e. The molecule has 0 spiro atoms. The number of hydrogen-bond donors (Lipinski definition) is 1. The molecule has 0 aliphatic carbocycles. The number of carbonyl (C=O) groups excluding carboxylic acids is 1. The maximum atomic E-state index is 12.1. The Morgan fingerprint density at radius 1 is 1.12 bits per heavy atom.